The highest BCUT2D eigenvalue weighted by molar-refractivity contribution is 5.41. The summed E-state index contributed by atoms with van der Waals surface area (Å²) >= 11 is 0. The minimum absolute atomic E-state index is 0.990. The topological polar surface area (TPSA) is 24.1 Å². The van der Waals surface area contributed by atoms with E-state index in [0.29, 0.717) is 0 Å². The average molecular weight is 206 g/mol. The van der Waals surface area contributed by atoms with Crippen LogP contribution in [0.5, 0.6) is 0 Å². The van der Waals surface area contributed by atoms with E-state index in [4.69, 9.17) is 0 Å². The predicted octanol–water partition coefficient (Wildman–Crippen LogP) is 2.88. The maximum atomic E-state index is 3.28. The van der Waals surface area contributed by atoms with E-state index in [1.54, 1.807) is 0 Å². The van der Waals surface area contributed by atoms with Crippen LogP contribution in [0.15, 0.2) is 30.3 Å². The number of benzene rings is 1. The van der Waals surface area contributed by atoms with Gasteiger partial charge in [0.2, 0.25) is 0 Å². The second kappa shape index (κ2) is 8.30. The Morgan fingerprint density at radius 2 is 1.73 bits per heavy atom. The Balaban J connectivity index is 0.000000162. The van der Waals surface area contributed by atoms with E-state index < -0.39 is 0 Å². The van der Waals surface area contributed by atoms with E-state index in [-0.39, 0.29) is 0 Å². The Labute approximate surface area is 93.1 Å². The van der Waals surface area contributed by atoms with Crippen molar-refractivity contribution in [3.05, 3.63) is 30.3 Å². The van der Waals surface area contributed by atoms with Crippen LogP contribution in [0.25, 0.3) is 0 Å². The van der Waals surface area contributed by atoms with Gasteiger partial charge in [-0.1, -0.05) is 24.6 Å². The summed E-state index contributed by atoms with van der Waals surface area (Å²) in [5.74, 6) is 0. The normalized spacial score (nSPS) is 15.0. The summed E-state index contributed by atoms with van der Waals surface area (Å²) < 4.78 is 0. The maximum absolute atomic E-state index is 3.28. The van der Waals surface area contributed by atoms with Crippen LogP contribution in [0.3, 0.4) is 0 Å². The summed E-state index contributed by atoms with van der Waals surface area (Å²) in [6.07, 6.45) is 4.22. The minimum Gasteiger partial charge on any atom is -0.385 e. The second-order valence-electron chi connectivity index (χ2n) is 3.71. The van der Waals surface area contributed by atoms with Crippen molar-refractivity contribution < 1.29 is 0 Å². The van der Waals surface area contributed by atoms with Gasteiger partial charge in [0, 0.05) is 12.2 Å². The molecule has 1 aliphatic rings. The fourth-order valence-electron chi connectivity index (χ4n) is 1.56. The van der Waals surface area contributed by atoms with Gasteiger partial charge in [0.1, 0.15) is 0 Å². The van der Waals surface area contributed by atoms with Crippen LogP contribution in [0.2, 0.25) is 0 Å². The Hall–Kier alpha value is -1.02. The van der Waals surface area contributed by atoms with Gasteiger partial charge < -0.3 is 10.6 Å². The average Bonchev–Trinajstić information content (AvgIpc) is 2.34. The lowest BCUT2D eigenvalue weighted by molar-refractivity contribution is 0.520. The van der Waals surface area contributed by atoms with Gasteiger partial charge in [-0.3, -0.25) is 0 Å². The van der Waals surface area contributed by atoms with Crippen LogP contribution in [0, 0.1) is 0 Å². The van der Waals surface area contributed by atoms with Crippen LogP contribution in [0.1, 0.15) is 26.2 Å². The van der Waals surface area contributed by atoms with E-state index in [0.717, 1.165) is 6.54 Å². The zero-order chi connectivity index (χ0) is 10.8. The molecule has 2 heteroatoms. The van der Waals surface area contributed by atoms with Gasteiger partial charge in [-0.15, -0.1) is 0 Å². The van der Waals surface area contributed by atoms with Gasteiger partial charge in [0.25, 0.3) is 0 Å². The molecule has 0 atom stereocenters. The molecule has 2 nitrogen and oxygen atoms in total. The molecule has 0 amide bonds. The molecule has 0 radical (unpaired) electrons. The van der Waals surface area contributed by atoms with E-state index in [1.165, 1.54) is 38.0 Å². The standard InChI is InChI=1S/C8H11N.C5H11N/c1-2-9-8-6-4-3-5-7-8;1-2-4-6-5-3-1/h3-7,9H,2H2,1H3;6H,1-5H2. The highest BCUT2D eigenvalue weighted by Gasteiger charge is 1.93. The molecule has 0 unspecified atom stereocenters. The molecule has 1 heterocycles. The Bertz CT molecular complexity index is 218. The van der Waals surface area contributed by atoms with E-state index in [1.807, 2.05) is 18.2 Å². The van der Waals surface area contributed by atoms with Crippen molar-refractivity contribution in [3.8, 4) is 0 Å². The molecule has 1 aromatic carbocycles. The van der Waals surface area contributed by atoms with Crippen molar-refractivity contribution in [2.24, 2.45) is 0 Å². The SMILES string of the molecule is C1CCNCC1.CCNc1ccccc1. The molecule has 84 valence electrons. The molecular weight excluding hydrogens is 184 g/mol. The first-order chi connectivity index (χ1) is 7.43. The van der Waals surface area contributed by atoms with E-state index >= 15 is 0 Å². The molecule has 0 saturated carbocycles. The molecule has 2 rings (SSSR count). The zero-order valence-electron chi connectivity index (χ0n) is 9.63. The molecule has 0 aliphatic carbocycles. The number of para-hydroxylation sites is 1. The van der Waals surface area contributed by atoms with Crippen molar-refractivity contribution in [3.63, 3.8) is 0 Å². The summed E-state index contributed by atoms with van der Waals surface area (Å²) in [6.45, 7) is 5.58. The first-order valence-electron chi connectivity index (χ1n) is 5.93. The first-order valence-corrected chi connectivity index (χ1v) is 5.93. The molecule has 15 heavy (non-hydrogen) atoms. The molecular formula is C13H22N2. The van der Waals surface area contributed by atoms with Gasteiger partial charge in [-0.25, -0.2) is 0 Å². The number of hydrogen-bond donors (Lipinski definition) is 2. The molecule has 1 aromatic rings. The lowest BCUT2D eigenvalue weighted by Crippen LogP contribution is -2.21. The lowest BCUT2D eigenvalue weighted by Gasteiger charge is -2.08. The summed E-state index contributed by atoms with van der Waals surface area (Å²) in [5, 5.41) is 6.49. The Morgan fingerprint density at radius 1 is 1.07 bits per heavy atom. The quantitative estimate of drug-likeness (QED) is 0.777. The lowest BCUT2D eigenvalue weighted by atomic mass is 10.2. The van der Waals surface area contributed by atoms with E-state index in [2.05, 4.69) is 29.7 Å². The Morgan fingerprint density at radius 3 is 2.13 bits per heavy atom. The number of hydrogen-bond acceptors (Lipinski definition) is 2. The first kappa shape index (κ1) is 12.1. The van der Waals surface area contributed by atoms with Crippen LogP contribution >= 0.6 is 0 Å². The third-order valence-corrected chi connectivity index (χ3v) is 2.36. The number of anilines is 1. The third kappa shape index (κ3) is 6.13. The van der Waals surface area contributed by atoms with E-state index in [9.17, 15) is 0 Å². The fourth-order valence-corrected chi connectivity index (χ4v) is 1.56. The smallest absolute Gasteiger partial charge is 0.0340 e. The Kier molecular flexibility index (Phi) is 6.67. The zero-order valence-corrected chi connectivity index (χ0v) is 9.63. The van der Waals surface area contributed by atoms with Gasteiger partial charge in [-0.05, 0) is 45.0 Å². The fraction of sp³-hybridized carbons (Fsp3) is 0.538. The summed E-state index contributed by atoms with van der Waals surface area (Å²) in [5.41, 5.74) is 1.19. The number of piperidine rings is 1. The van der Waals surface area contributed by atoms with Gasteiger partial charge >= 0.3 is 0 Å². The maximum Gasteiger partial charge on any atom is 0.0340 e. The van der Waals surface area contributed by atoms with Gasteiger partial charge in [0.05, 0.1) is 0 Å². The van der Waals surface area contributed by atoms with Crippen molar-refractivity contribution >= 4 is 5.69 Å². The molecule has 1 fully saturated rings. The van der Waals surface area contributed by atoms with Crippen LogP contribution < -0.4 is 10.6 Å². The van der Waals surface area contributed by atoms with Gasteiger partial charge in [0.15, 0.2) is 0 Å². The van der Waals surface area contributed by atoms with Crippen molar-refractivity contribution in [2.45, 2.75) is 26.2 Å². The van der Waals surface area contributed by atoms with Crippen LogP contribution in [-0.4, -0.2) is 19.6 Å². The largest absolute Gasteiger partial charge is 0.385 e. The highest BCUT2D eigenvalue weighted by atomic mass is 14.9. The number of rotatable bonds is 2. The summed E-state index contributed by atoms with van der Waals surface area (Å²) in [4.78, 5) is 0. The highest BCUT2D eigenvalue weighted by Crippen LogP contribution is 2.02. The monoisotopic (exact) mass is 206 g/mol. The predicted molar refractivity (Wildman–Crippen MR) is 67.3 cm³/mol. The second-order valence-corrected chi connectivity index (χ2v) is 3.71. The number of nitrogens with one attached hydrogen (secondary N) is 2. The van der Waals surface area contributed by atoms with Crippen molar-refractivity contribution in [1.82, 2.24) is 5.32 Å². The molecule has 1 aliphatic heterocycles. The molecule has 2 N–H and O–H groups in total. The van der Waals surface area contributed by atoms with Crippen molar-refractivity contribution in [2.75, 3.05) is 25.0 Å². The van der Waals surface area contributed by atoms with Crippen LogP contribution in [-0.2, 0) is 0 Å². The van der Waals surface area contributed by atoms with Crippen molar-refractivity contribution in [1.29, 1.82) is 0 Å². The summed E-state index contributed by atoms with van der Waals surface area (Å²) in [7, 11) is 0. The molecule has 0 bridgehead atoms. The minimum atomic E-state index is 0.990. The van der Waals surface area contributed by atoms with Crippen LogP contribution in [0.4, 0.5) is 5.69 Å². The molecule has 1 saturated heterocycles. The molecule has 0 aromatic heterocycles. The summed E-state index contributed by atoms with van der Waals surface area (Å²) in [6, 6.07) is 10.2. The molecule has 0 spiro atoms. The third-order valence-electron chi connectivity index (χ3n) is 2.36. The van der Waals surface area contributed by atoms with Gasteiger partial charge in [-0.2, -0.15) is 0 Å².